The van der Waals surface area contributed by atoms with Crippen LogP contribution in [0.3, 0.4) is 0 Å². The Bertz CT molecular complexity index is 930. The van der Waals surface area contributed by atoms with E-state index in [4.69, 9.17) is 9.97 Å². The zero-order chi connectivity index (χ0) is 19.0. The molecule has 0 atom stereocenters. The number of para-hydroxylation sites is 1. The Labute approximate surface area is 162 Å². The summed E-state index contributed by atoms with van der Waals surface area (Å²) in [6.07, 6.45) is 2.46. The topological polar surface area (TPSA) is 29.0 Å². The number of piperidine rings is 1. The van der Waals surface area contributed by atoms with Crippen molar-refractivity contribution in [2.45, 2.75) is 46.0 Å². The average molecular weight is 360 g/mol. The van der Waals surface area contributed by atoms with Crippen molar-refractivity contribution in [3.63, 3.8) is 0 Å². The van der Waals surface area contributed by atoms with Gasteiger partial charge in [0, 0.05) is 24.0 Å². The lowest BCUT2D eigenvalue weighted by atomic mass is 9.86. The van der Waals surface area contributed by atoms with Crippen LogP contribution in [0.1, 0.15) is 46.1 Å². The number of nitrogens with zero attached hydrogens (tertiary/aromatic N) is 3. The van der Waals surface area contributed by atoms with Gasteiger partial charge in [-0.1, -0.05) is 64.1 Å². The Morgan fingerprint density at radius 3 is 2.22 bits per heavy atom. The number of anilines is 1. The van der Waals surface area contributed by atoms with Crippen molar-refractivity contribution in [2.75, 3.05) is 18.0 Å². The monoisotopic (exact) mass is 359 g/mol. The van der Waals surface area contributed by atoms with Crippen LogP contribution in [0.25, 0.3) is 22.3 Å². The summed E-state index contributed by atoms with van der Waals surface area (Å²) >= 11 is 0. The molecule has 0 spiro atoms. The summed E-state index contributed by atoms with van der Waals surface area (Å²) in [4.78, 5) is 12.3. The molecule has 2 heterocycles. The van der Waals surface area contributed by atoms with E-state index in [-0.39, 0.29) is 5.41 Å². The Morgan fingerprint density at radius 2 is 1.56 bits per heavy atom. The Morgan fingerprint density at radius 1 is 0.889 bits per heavy atom. The normalized spacial score (nSPS) is 16.1. The fourth-order valence-electron chi connectivity index (χ4n) is 3.77. The molecule has 0 amide bonds. The van der Waals surface area contributed by atoms with Gasteiger partial charge in [0.15, 0.2) is 5.82 Å². The molecule has 4 rings (SSSR count). The van der Waals surface area contributed by atoms with Crippen LogP contribution in [-0.2, 0) is 5.41 Å². The third-order valence-electron chi connectivity index (χ3n) is 5.68. The van der Waals surface area contributed by atoms with Crippen LogP contribution >= 0.6 is 0 Å². The molecule has 1 fully saturated rings. The maximum atomic E-state index is 5.03. The second-order valence-electron chi connectivity index (χ2n) is 8.88. The molecule has 1 saturated heterocycles. The highest BCUT2D eigenvalue weighted by molar-refractivity contribution is 5.91. The summed E-state index contributed by atoms with van der Waals surface area (Å²) in [7, 11) is 0. The van der Waals surface area contributed by atoms with Crippen molar-refractivity contribution in [2.24, 2.45) is 5.92 Å². The average Bonchev–Trinajstić information content (AvgIpc) is 2.67. The standard InChI is InChI=1S/C24H29N3/c1-17-13-15-27(16-14-17)23-20-7-5-6-8-21(20)25-22(26-23)18-9-11-19(12-10-18)24(2,3)4/h5-12,17H,13-16H2,1-4H3. The largest absolute Gasteiger partial charge is 0.356 e. The predicted molar refractivity (Wildman–Crippen MR) is 114 cm³/mol. The van der Waals surface area contributed by atoms with Gasteiger partial charge in [0.2, 0.25) is 0 Å². The zero-order valence-electron chi connectivity index (χ0n) is 16.9. The van der Waals surface area contributed by atoms with Gasteiger partial charge in [-0.2, -0.15) is 0 Å². The maximum absolute atomic E-state index is 5.03. The minimum atomic E-state index is 0.151. The fraction of sp³-hybridized carbons (Fsp3) is 0.417. The predicted octanol–water partition coefficient (Wildman–Crippen LogP) is 5.83. The molecule has 3 heteroatoms. The first-order valence-electron chi connectivity index (χ1n) is 10.0. The molecule has 0 aliphatic carbocycles. The lowest BCUT2D eigenvalue weighted by Gasteiger charge is -2.32. The fourth-order valence-corrected chi connectivity index (χ4v) is 3.77. The second-order valence-corrected chi connectivity index (χ2v) is 8.88. The van der Waals surface area contributed by atoms with E-state index in [9.17, 15) is 0 Å². The van der Waals surface area contributed by atoms with Crippen LogP contribution in [-0.4, -0.2) is 23.1 Å². The molecule has 0 bridgehead atoms. The Hall–Kier alpha value is -2.42. The first-order valence-corrected chi connectivity index (χ1v) is 10.0. The number of hydrogen-bond acceptors (Lipinski definition) is 3. The van der Waals surface area contributed by atoms with Crippen LogP contribution in [0.5, 0.6) is 0 Å². The molecule has 140 valence electrons. The van der Waals surface area contributed by atoms with Gasteiger partial charge >= 0.3 is 0 Å². The third-order valence-corrected chi connectivity index (χ3v) is 5.68. The molecule has 0 N–H and O–H groups in total. The summed E-state index contributed by atoms with van der Waals surface area (Å²) in [5, 5.41) is 1.15. The zero-order valence-corrected chi connectivity index (χ0v) is 16.9. The molecule has 27 heavy (non-hydrogen) atoms. The number of aromatic nitrogens is 2. The molecule has 1 aliphatic heterocycles. The summed E-state index contributed by atoms with van der Waals surface area (Å²) in [5.41, 5.74) is 3.59. The molecule has 2 aromatic carbocycles. The lowest BCUT2D eigenvalue weighted by molar-refractivity contribution is 0.437. The molecule has 1 aliphatic rings. The molecule has 0 saturated carbocycles. The quantitative estimate of drug-likeness (QED) is 0.576. The van der Waals surface area contributed by atoms with Crippen LogP contribution in [0.15, 0.2) is 48.5 Å². The minimum absolute atomic E-state index is 0.151. The Balaban J connectivity index is 1.78. The van der Waals surface area contributed by atoms with E-state index in [1.165, 1.54) is 18.4 Å². The molecular formula is C24H29N3. The van der Waals surface area contributed by atoms with E-state index in [1.807, 2.05) is 0 Å². The van der Waals surface area contributed by atoms with Gasteiger partial charge in [-0.05, 0) is 41.9 Å². The summed E-state index contributed by atoms with van der Waals surface area (Å²) in [5.74, 6) is 2.71. The van der Waals surface area contributed by atoms with E-state index >= 15 is 0 Å². The minimum Gasteiger partial charge on any atom is -0.356 e. The third kappa shape index (κ3) is 3.69. The van der Waals surface area contributed by atoms with Crippen molar-refractivity contribution in [3.8, 4) is 11.4 Å². The molecule has 0 unspecified atom stereocenters. The lowest BCUT2D eigenvalue weighted by Crippen LogP contribution is -2.33. The van der Waals surface area contributed by atoms with Gasteiger partial charge in [-0.3, -0.25) is 0 Å². The van der Waals surface area contributed by atoms with Gasteiger partial charge in [-0.15, -0.1) is 0 Å². The maximum Gasteiger partial charge on any atom is 0.162 e. The van der Waals surface area contributed by atoms with Gasteiger partial charge in [0.1, 0.15) is 5.82 Å². The highest BCUT2D eigenvalue weighted by Gasteiger charge is 2.21. The van der Waals surface area contributed by atoms with Crippen LogP contribution in [0.2, 0.25) is 0 Å². The summed E-state index contributed by atoms with van der Waals surface area (Å²) in [6, 6.07) is 17.1. The van der Waals surface area contributed by atoms with Crippen LogP contribution < -0.4 is 4.90 Å². The highest BCUT2D eigenvalue weighted by Crippen LogP contribution is 2.31. The van der Waals surface area contributed by atoms with E-state index in [1.54, 1.807) is 0 Å². The van der Waals surface area contributed by atoms with Gasteiger partial charge in [0.25, 0.3) is 0 Å². The van der Waals surface area contributed by atoms with Crippen molar-refractivity contribution < 1.29 is 0 Å². The first kappa shape index (κ1) is 18.0. The van der Waals surface area contributed by atoms with Crippen molar-refractivity contribution in [3.05, 3.63) is 54.1 Å². The number of benzene rings is 2. The number of hydrogen-bond donors (Lipinski definition) is 0. The smallest absolute Gasteiger partial charge is 0.162 e. The van der Waals surface area contributed by atoms with Gasteiger partial charge < -0.3 is 4.90 Å². The van der Waals surface area contributed by atoms with Crippen molar-refractivity contribution in [1.82, 2.24) is 9.97 Å². The second kappa shape index (κ2) is 6.95. The molecule has 0 radical (unpaired) electrons. The number of fused-ring (bicyclic) bond motifs is 1. The van der Waals surface area contributed by atoms with Gasteiger partial charge in [-0.25, -0.2) is 9.97 Å². The number of rotatable bonds is 2. The van der Waals surface area contributed by atoms with E-state index in [0.29, 0.717) is 0 Å². The molecular weight excluding hydrogens is 330 g/mol. The van der Waals surface area contributed by atoms with Crippen LogP contribution in [0.4, 0.5) is 5.82 Å². The van der Waals surface area contributed by atoms with Crippen molar-refractivity contribution in [1.29, 1.82) is 0 Å². The summed E-state index contributed by atoms with van der Waals surface area (Å²) < 4.78 is 0. The van der Waals surface area contributed by atoms with E-state index < -0.39 is 0 Å². The molecule has 1 aromatic heterocycles. The van der Waals surface area contributed by atoms with Crippen LogP contribution in [0, 0.1) is 5.92 Å². The molecule has 3 nitrogen and oxygen atoms in total. The molecule has 3 aromatic rings. The highest BCUT2D eigenvalue weighted by atomic mass is 15.2. The first-order chi connectivity index (χ1) is 12.9. The Kier molecular flexibility index (Phi) is 4.63. The summed E-state index contributed by atoms with van der Waals surface area (Å²) in [6.45, 7) is 11.2. The van der Waals surface area contributed by atoms with E-state index in [0.717, 1.165) is 47.1 Å². The van der Waals surface area contributed by atoms with Crippen molar-refractivity contribution >= 4 is 16.7 Å². The van der Waals surface area contributed by atoms with Gasteiger partial charge in [0.05, 0.1) is 5.52 Å². The van der Waals surface area contributed by atoms with E-state index in [2.05, 4.69) is 81.1 Å². The SMILES string of the molecule is CC1CCN(c2nc(-c3ccc(C(C)(C)C)cc3)nc3ccccc23)CC1.